The van der Waals surface area contributed by atoms with Gasteiger partial charge < -0.3 is 16.0 Å². The van der Waals surface area contributed by atoms with Crippen LogP contribution in [0, 0.1) is 5.92 Å². The van der Waals surface area contributed by atoms with Crippen LogP contribution < -0.4 is 16.0 Å². The van der Waals surface area contributed by atoms with Crippen molar-refractivity contribution in [2.45, 2.75) is 31.6 Å². The van der Waals surface area contributed by atoms with Crippen molar-refractivity contribution in [1.82, 2.24) is 10.3 Å². The molecular formula is C16H24N4O. The van der Waals surface area contributed by atoms with Crippen molar-refractivity contribution in [2.75, 3.05) is 31.1 Å². The van der Waals surface area contributed by atoms with Gasteiger partial charge in [-0.1, -0.05) is 0 Å². The van der Waals surface area contributed by atoms with Gasteiger partial charge in [0.15, 0.2) is 0 Å². The average Bonchev–Trinajstić information content (AvgIpc) is 2.56. The molecule has 5 heteroatoms. The lowest BCUT2D eigenvalue weighted by atomic mass is 9.93. The highest BCUT2D eigenvalue weighted by Gasteiger charge is 2.25. The zero-order valence-electron chi connectivity index (χ0n) is 12.4. The van der Waals surface area contributed by atoms with Crippen molar-refractivity contribution in [2.24, 2.45) is 11.7 Å². The average molecular weight is 288 g/mol. The van der Waals surface area contributed by atoms with E-state index in [2.05, 4.69) is 21.3 Å². The number of aromatic nitrogens is 1. The zero-order valence-corrected chi connectivity index (χ0v) is 12.4. The minimum absolute atomic E-state index is 0.0192. The fraction of sp³-hybridized carbons (Fsp3) is 0.625. The molecule has 1 aromatic heterocycles. The van der Waals surface area contributed by atoms with E-state index in [-0.39, 0.29) is 11.8 Å². The standard InChI is InChI=1S/C16H24N4O/c17-16(21)13-2-1-9-20(11-13)14-5-8-19-15(10-14)12-3-6-18-7-4-12/h5,8,10,12-13,18H,1-4,6-7,9,11H2,(H2,17,21). The molecule has 3 rings (SSSR count). The molecule has 3 heterocycles. The molecule has 1 amide bonds. The van der Waals surface area contributed by atoms with Gasteiger partial charge in [0.25, 0.3) is 0 Å². The molecule has 0 aromatic carbocycles. The summed E-state index contributed by atoms with van der Waals surface area (Å²) in [5.74, 6) is 0.365. The first-order chi connectivity index (χ1) is 10.2. The van der Waals surface area contributed by atoms with Gasteiger partial charge >= 0.3 is 0 Å². The summed E-state index contributed by atoms with van der Waals surface area (Å²) in [6, 6.07) is 4.26. The van der Waals surface area contributed by atoms with Crippen LogP contribution in [0.4, 0.5) is 5.69 Å². The molecule has 0 aliphatic carbocycles. The number of carbonyl (C=O) groups is 1. The molecule has 0 spiro atoms. The van der Waals surface area contributed by atoms with Crippen LogP contribution >= 0.6 is 0 Å². The van der Waals surface area contributed by atoms with Crippen LogP contribution in [0.2, 0.25) is 0 Å². The third-order valence-corrected chi connectivity index (χ3v) is 4.71. The number of pyridine rings is 1. The van der Waals surface area contributed by atoms with Gasteiger partial charge in [0.2, 0.25) is 5.91 Å². The predicted octanol–water partition coefficient (Wildman–Crippen LogP) is 1.25. The SMILES string of the molecule is NC(=O)C1CCCN(c2ccnc(C3CCNCC3)c2)C1. The van der Waals surface area contributed by atoms with Crippen LogP contribution in [0.25, 0.3) is 0 Å². The molecule has 2 saturated heterocycles. The summed E-state index contributed by atoms with van der Waals surface area (Å²) in [4.78, 5) is 18.3. The number of rotatable bonds is 3. The minimum Gasteiger partial charge on any atom is -0.371 e. The molecule has 0 bridgehead atoms. The van der Waals surface area contributed by atoms with Crippen LogP contribution in [0.15, 0.2) is 18.3 Å². The van der Waals surface area contributed by atoms with Gasteiger partial charge in [-0.05, 0) is 50.9 Å². The van der Waals surface area contributed by atoms with Crippen molar-refractivity contribution >= 4 is 11.6 Å². The summed E-state index contributed by atoms with van der Waals surface area (Å²) in [7, 11) is 0. The Morgan fingerprint density at radius 3 is 2.90 bits per heavy atom. The molecule has 1 atom stereocenters. The van der Waals surface area contributed by atoms with Crippen LogP contribution in [0.1, 0.15) is 37.3 Å². The number of hydrogen-bond acceptors (Lipinski definition) is 4. The van der Waals surface area contributed by atoms with E-state index in [0.29, 0.717) is 5.92 Å². The number of anilines is 1. The molecule has 1 aromatic rings. The van der Waals surface area contributed by atoms with Gasteiger partial charge in [0.1, 0.15) is 0 Å². The first-order valence-corrected chi connectivity index (χ1v) is 7.95. The fourth-order valence-corrected chi connectivity index (χ4v) is 3.42. The Hall–Kier alpha value is -1.62. The predicted molar refractivity (Wildman–Crippen MR) is 83.2 cm³/mol. The first kappa shape index (κ1) is 14.3. The molecule has 2 fully saturated rings. The lowest BCUT2D eigenvalue weighted by Gasteiger charge is -2.33. The van der Waals surface area contributed by atoms with Crippen molar-refractivity contribution in [3.63, 3.8) is 0 Å². The zero-order chi connectivity index (χ0) is 14.7. The number of primary amides is 1. The highest BCUT2D eigenvalue weighted by molar-refractivity contribution is 5.77. The third-order valence-electron chi connectivity index (χ3n) is 4.71. The molecule has 0 radical (unpaired) electrons. The Morgan fingerprint density at radius 2 is 2.14 bits per heavy atom. The Balaban J connectivity index is 1.74. The van der Waals surface area contributed by atoms with Gasteiger partial charge in [-0.25, -0.2) is 0 Å². The molecule has 1 unspecified atom stereocenters. The molecule has 2 aliphatic heterocycles. The van der Waals surface area contributed by atoms with Gasteiger partial charge in [0, 0.05) is 36.6 Å². The number of amides is 1. The minimum atomic E-state index is -0.174. The summed E-state index contributed by atoms with van der Waals surface area (Å²) in [5, 5.41) is 3.39. The van der Waals surface area contributed by atoms with E-state index in [1.54, 1.807) is 0 Å². The number of carbonyl (C=O) groups excluding carboxylic acids is 1. The number of nitrogens with two attached hydrogens (primary N) is 1. The van der Waals surface area contributed by atoms with E-state index >= 15 is 0 Å². The maximum Gasteiger partial charge on any atom is 0.222 e. The topological polar surface area (TPSA) is 71.2 Å². The van der Waals surface area contributed by atoms with Crippen molar-refractivity contribution in [3.8, 4) is 0 Å². The fourth-order valence-electron chi connectivity index (χ4n) is 3.42. The summed E-state index contributed by atoms with van der Waals surface area (Å²) in [6.45, 7) is 3.89. The van der Waals surface area contributed by atoms with Crippen molar-refractivity contribution in [1.29, 1.82) is 0 Å². The van der Waals surface area contributed by atoms with Crippen molar-refractivity contribution < 1.29 is 4.79 Å². The second-order valence-electron chi connectivity index (χ2n) is 6.15. The Labute approximate surface area is 125 Å². The lowest BCUT2D eigenvalue weighted by Crippen LogP contribution is -2.41. The quantitative estimate of drug-likeness (QED) is 0.878. The van der Waals surface area contributed by atoms with E-state index in [1.807, 2.05) is 12.3 Å². The van der Waals surface area contributed by atoms with E-state index in [0.717, 1.165) is 51.9 Å². The molecule has 0 saturated carbocycles. The van der Waals surface area contributed by atoms with Crippen LogP contribution in [-0.2, 0) is 4.79 Å². The number of hydrogen-bond donors (Lipinski definition) is 2. The van der Waals surface area contributed by atoms with Crippen LogP contribution in [0.5, 0.6) is 0 Å². The molecule has 2 aliphatic rings. The number of nitrogens with one attached hydrogen (secondary N) is 1. The molecule has 21 heavy (non-hydrogen) atoms. The Bertz CT molecular complexity index is 499. The number of piperidine rings is 2. The highest BCUT2D eigenvalue weighted by atomic mass is 16.1. The largest absolute Gasteiger partial charge is 0.371 e. The Morgan fingerprint density at radius 1 is 1.33 bits per heavy atom. The molecule has 3 N–H and O–H groups in total. The summed E-state index contributed by atoms with van der Waals surface area (Å²) < 4.78 is 0. The van der Waals surface area contributed by atoms with E-state index in [1.165, 1.54) is 11.4 Å². The normalized spacial score (nSPS) is 24.0. The van der Waals surface area contributed by atoms with Gasteiger partial charge in [-0.3, -0.25) is 9.78 Å². The smallest absolute Gasteiger partial charge is 0.222 e. The summed E-state index contributed by atoms with van der Waals surface area (Å²) in [6.07, 6.45) is 6.15. The molecular weight excluding hydrogens is 264 g/mol. The van der Waals surface area contributed by atoms with E-state index in [4.69, 9.17) is 5.73 Å². The third kappa shape index (κ3) is 3.35. The van der Waals surface area contributed by atoms with E-state index in [9.17, 15) is 4.79 Å². The molecule has 5 nitrogen and oxygen atoms in total. The molecule has 114 valence electrons. The summed E-state index contributed by atoms with van der Waals surface area (Å²) >= 11 is 0. The first-order valence-electron chi connectivity index (χ1n) is 7.95. The van der Waals surface area contributed by atoms with Gasteiger partial charge in [-0.15, -0.1) is 0 Å². The number of nitrogens with zero attached hydrogens (tertiary/aromatic N) is 2. The van der Waals surface area contributed by atoms with Gasteiger partial charge in [-0.2, -0.15) is 0 Å². The van der Waals surface area contributed by atoms with Crippen LogP contribution in [-0.4, -0.2) is 37.1 Å². The Kier molecular flexibility index (Phi) is 4.39. The van der Waals surface area contributed by atoms with Crippen molar-refractivity contribution in [3.05, 3.63) is 24.0 Å². The highest BCUT2D eigenvalue weighted by Crippen LogP contribution is 2.28. The van der Waals surface area contributed by atoms with Crippen LogP contribution in [0.3, 0.4) is 0 Å². The second kappa shape index (κ2) is 6.43. The maximum atomic E-state index is 11.4. The lowest BCUT2D eigenvalue weighted by molar-refractivity contribution is -0.122. The maximum absolute atomic E-state index is 11.4. The monoisotopic (exact) mass is 288 g/mol. The summed E-state index contributed by atoms with van der Waals surface area (Å²) in [5.41, 5.74) is 7.84. The van der Waals surface area contributed by atoms with E-state index < -0.39 is 0 Å². The second-order valence-corrected chi connectivity index (χ2v) is 6.15. The van der Waals surface area contributed by atoms with Gasteiger partial charge in [0.05, 0.1) is 5.92 Å².